The second-order valence-corrected chi connectivity index (χ2v) is 5.28. The summed E-state index contributed by atoms with van der Waals surface area (Å²) >= 11 is 0. The third-order valence-corrected chi connectivity index (χ3v) is 3.06. The molecule has 0 bridgehead atoms. The van der Waals surface area contributed by atoms with Crippen LogP contribution in [0.5, 0.6) is 0 Å². The number of aromatic nitrogens is 3. The van der Waals surface area contributed by atoms with Crippen LogP contribution in [0.1, 0.15) is 39.3 Å². The molecule has 0 spiro atoms. The summed E-state index contributed by atoms with van der Waals surface area (Å²) in [7, 11) is 0. The van der Waals surface area contributed by atoms with Gasteiger partial charge in [0.05, 0.1) is 5.69 Å². The summed E-state index contributed by atoms with van der Waals surface area (Å²) in [5, 5.41) is 4.10. The maximum absolute atomic E-state index is 5.29. The van der Waals surface area contributed by atoms with E-state index >= 15 is 0 Å². The largest absolute Gasteiger partial charge is 0.353 e. The van der Waals surface area contributed by atoms with Crippen LogP contribution < -0.4 is 0 Å². The number of hydrogen-bond acceptors (Lipinski definition) is 4. The maximum atomic E-state index is 5.29. The zero-order valence-electron chi connectivity index (χ0n) is 10.6. The van der Waals surface area contributed by atoms with Gasteiger partial charge in [0.15, 0.2) is 5.82 Å². The summed E-state index contributed by atoms with van der Waals surface area (Å²) in [4.78, 5) is 8.28. The first-order valence-corrected chi connectivity index (χ1v) is 5.72. The third kappa shape index (κ3) is 2.52. The lowest BCUT2D eigenvalue weighted by atomic mass is 9.80. The average molecular weight is 231 g/mol. The fourth-order valence-corrected chi connectivity index (χ4v) is 1.47. The topological polar surface area (TPSA) is 51.8 Å². The molecule has 17 heavy (non-hydrogen) atoms. The third-order valence-electron chi connectivity index (χ3n) is 3.06. The Morgan fingerprint density at radius 2 is 1.82 bits per heavy atom. The fraction of sp³-hybridized carbons (Fsp3) is 0.462. The van der Waals surface area contributed by atoms with Gasteiger partial charge in [-0.1, -0.05) is 32.9 Å². The zero-order chi connectivity index (χ0) is 12.5. The first-order chi connectivity index (χ1) is 7.98. The first-order valence-electron chi connectivity index (χ1n) is 5.72. The number of nitrogens with zero attached hydrogens (tertiary/aromatic N) is 3. The minimum Gasteiger partial charge on any atom is -0.353 e. The normalized spacial score (nSPS) is 13.6. The Labute approximate surface area is 101 Å². The molecule has 90 valence electrons. The molecular weight excluding hydrogens is 214 g/mol. The van der Waals surface area contributed by atoms with E-state index in [1.165, 1.54) is 0 Å². The van der Waals surface area contributed by atoms with Crippen molar-refractivity contribution < 1.29 is 4.52 Å². The summed E-state index contributed by atoms with van der Waals surface area (Å²) in [6.07, 6.45) is 3.38. The van der Waals surface area contributed by atoms with Gasteiger partial charge in [-0.05, 0) is 11.5 Å². The molecule has 0 amide bonds. The van der Waals surface area contributed by atoms with E-state index in [2.05, 4.69) is 42.8 Å². The standard InChI is InChI=1S/C13H17N3O/c1-9(13(2,3)4)10-8-11(17-16-10)12-14-6-5-7-15-12/h5-9H,1-4H3/t9-/m0/s1. The van der Waals surface area contributed by atoms with E-state index in [9.17, 15) is 0 Å². The molecule has 2 rings (SSSR count). The molecule has 0 N–H and O–H groups in total. The van der Waals surface area contributed by atoms with Gasteiger partial charge in [0.2, 0.25) is 5.76 Å². The molecule has 0 aromatic carbocycles. The predicted octanol–water partition coefficient (Wildman–Crippen LogP) is 3.28. The Bertz CT molecular complexity index is 485. The van der Waals surface area contributed by atoms with E-state index in [0.717, 1.165) is 5.69 Å². The Balaban J connectivity index is 2.28. The second-order valence-electron chi connectivity index (χ2n) is 5.28. The fourth-order valence-electron chi connectivity index (χ4n) is 1.47. The quantitative estimate of drug-likeness (QED) is 0.795. The minimum absolute atomic E-state index is 0.158. The van der Waals surface area contributed by atoms with Crippen LogP contribution in [-0.2, 0) is 0 Å². The predicted molar refractivity (Wildman–Crippen MR) is 65.4 cm³/mol. The molecule has 2 aromatic heterocycles. The lowest BCUT2D eigenvalue weighted by molar-refractivity contribution is 0.317. The molecule has 4 nitrogen and oxygen atoms in total. The molecule has 0 saturated carbocycles. The van der Waals surface area contributed by atoms with Crippen LogP contribution in [0.15, 0.2) is 29.0 Å². The van der Waals surface area contributed by atoms with Crippen molar-refractivity contribution in [1.82, 2.24) is 15.1 Å². The first kappa shape index (κ1) is 11.8. The van der Waals surface area contributed by atoms with Gasteiger partial charge in [0.1, 0.15) is 0 Å². The van der Waals surface area contributed by atoms with Crippen LogP contribution in [0, 0.1) is 5.41 Å². The molecule has 0 aliphatic heterocycles. The lowest BCUT2D eigenvalue weighted by Crippen LogP contribution is -2.15. The Morgan fingerprint density at radius 1 is 1.18 bits per heavy atom. The summed E-state index contributed by atoms with van der Waals surface area (Å²) in [5.74, 6) is 1.52. The zero-order valence-corrected chi connectivity index (χ0v) is 10.6. The Morgan fingerprint density at radius 3 is 2.41 bits per heavy atom. The van der Waals surface area contributed by atoms with Gasteiger partial charge >= 0.3 is 0 Å². The molecule has 2 aromatic rings. The van der Waals surface area contributed by atoms with Crippen molar-refractivity contribution in [2.45, 2.75) is 33.6 Å². The van der Waals surface area contributed by atoms with Crippen molar-refractivity contribution in [2.75, 3.05) is 0 Å². The van der Waals surface area contributed by atoms with Crippen LogP contribution in [0.2, 0.25) is 0 Å². The summed E-state index contributed by atoms with van der Waals surface area (Å²) in [6.45, 7) is 8.70. The molecule has 0 aliphatic rings. The van der Waals surface area contributed by atoms with Gasteiger partial charge in [-0.2, -0.15) is 0 Å². The molecular formula is C13H17N3O. The molecule has 2 heterocycles. The molecule has 4 heteroatoms. The second kappa shape index (κ2) is 4.28. The molecule has 1 atom stereocenters. The van der Waals surface area contributed by atoms with E-state index < -0.39 is 0 Å². The van der Waals surface area contributed by atoms with E-state index in [1.807, 2.05) is 6.07 Å². The Hall–Kier alpha value is -1.71. The van der Waals surface area contributed by atoms with Gasteiger partial charge < -0.3 is 4.52 Å². The van der Waals surface area contributed by atoms with Crippen LogP contribution >= 0.6 is 0 Å². The van der Waals surface area contributed by atoms with Crippen molar-refractivity contribution in [3.05, 3.63) is 30.2 Å². The van der Waals surface area contributed by atoms with Gasteiger partial charge in [-0.25, -0.2) is 9.97 Å². The van der Waals surface area contributed by atoms with Crippen molar-refractivity contribution in [3.63, 3.8) is 0 Å². The van der Waals surface area contributed by atoms with Gasteiger partial charge in [-0.3, -0.25) is 0 Å². The van der Waals surface area contributed by atoms with Gasteiger partial charge in [0.25, 0.3) is 0 Å². The number of hydrogen-bond donors (Lipinski definition) is 0. The van der Waals surface area contributed by atoms with Crippen molar-refractivity contribution in [2.24, 2.45) is 5.41 Å². The van der Waals surface area contributed by atoms with E-state index in [1.54, 1.807) is 18.5 Å². The molecule has 0 fully saturated rings. The van der Waals surface area contributed by atoms with E-state index in [4.69, 9.17) is 4.52 Å². The van der Waals surface area contributed by atoms with Gasteiger partial charge in [-0.15, -0.1) is 0 Å². The molecule has 0 aliphatic carbocycles. The van der Waals surface area contributed by atoms with Crippen LogP contribution in [0.3, 0.4) is 0 Å². The summed E-state index contributed by atoms with van der Waals surface area (Å²) < 4.78 is 5.29. The molecule has 0 saturated heterocycles. The van der Waals surface area contributed by atoms with E-state index in [0.29, 0.717) is 17.5 Å². The number of rotatable bonds is 2. The molecule has 0 unspecified atom stereocenters. The highest BCUT2D eigenvalue weighted by molar-refractivity contribution is 5.46. The summed E-state index contributed by atoms with van der Waals surface area (Å²) in [6, 6.07) is 3.70. The highest BCUT2D eigenvalue weighted by Crippen LogP contribution is 2.34. The van der Waals surface area contributed by atoms with E-state index in [-0.39, 0.29) is 5.41 Å². The van der Waals surface area contributed by atoms with Crippen LogP contribution in [-0.4, -0.2) is 15.1 Å². The SMILES string of the molecule is C[C@@H](c1cc(-c2ncccn2)on1)C(C)(C)C. The van der Waals surface area contributed by atoms with Crippen molar-refractivity contribution in [1.29, 1.82) is 0 Å². The minimum atomic E-state index is 0.158. The highest BCUT2D eigenvalue weighted by Gasteiger charge is 2.25. The molecule has 0 radical (unpaired) electrons. The lowest BCUT2D eigenvalue weighted by Gasteiger charge is -2.24. The Kier molecular flexibility index (Phi) is 2.96. The average Bonchev–Trinajstić information content (AvgIpc) is 2.77. The monoisotopic (exact) mass is 231 g/mol. The smallest absolute Gasteiger partial charge is 0.204 e. The van der Waals surface area contributed by atoms with Gasteiger partial charge in [0, 0.05) is 24.4 Å². The highest BCUT2D eigenvalue weighted by atomic mass is 16.5. The van der Waals surface area contributed by atoms with Crippen LogP contribution in [0.25, 0.3) is 11.6 Å². The maximum Gasteiger partial charge on any atom is 0.204 e. The van der Waals surface area contributed by atoms with Crippen molar-refractivity contribution >= 4 is 0 Å². The van der Waals surface area contributed by atoms with Crippen LogP contribution in [0.4, 0.5) is 0 Å². The van der Waals surface area contributed by atoms with Crippen molar-refractivity contribution in [3.8, 4) is 11.6 Å². The summed E-state index contributed by atoms with van der Waals surface area (Å²) in [5.41, 5.74) is 1.10.